The van der Waals surface area contributed by atoms with Crippen molar-refractivity contribution in [2.75, 3.05) is 20.5 Å². The molecule has 1 fully saturated rings. The van der Waals surface area contributed by atoms with Crippen LogP contribution in [0.15, 0.2) is 29.2 Å². The molecule has 4 rings (SSSR count). The normalized spacial score (nSPS) is 15.9. The predicted octanol–water partition coefficient (Wildman–Crippen LogP) is 4.93. The zero-order valence-electron chi connectivity index (χ0n) is 16.6. The zero-order chi connectivity index (χ0) is 22.8. The quantitative estimate of drug-likeness (QED) is 0.271. The standard InChI is InChI=1S/C22H15ClINO6S/c1-3-4-29-20-15(24)5-12(6-18(20)28-2)7-19-21(26)25(22(27)32-19)10-13-8-16-17(9-14(13)23)31-11-30-16/h1,5-9H,4,10-11H2,2H3/b19-7+. The minimum atomic E-state index is -0.407. The van der Waals surface area contributed by atoms with Crippen molar-refractivity contribution in [3.63, 3.8) is 0 Å². The summed E-state index contributed by atoms with van der Waals surface area (Å²) in [5.41, 5.74) is 1.27. The van der Waals surface area contributed by atoms with Gasteiger partial charge in [-0.25, -0.2) is 0 Å². The molecule has 2 aromatic rings. The lowest BCUT2D eigenvalue weighted by Crippen LogP contribution is -2.27. The number of carbonyl (C=O) groups excluding carboxylic acids is 2. The molecule has 32 heavy (non-hydrogen) atoms. The van der Waals surface area contributed by atoms with Gasteiger partial charge in [-0.3, -0.25) is 14.5 Å². The highest BCUT2D eigenvalue weighted by Crippen LogP contribution is 2.40. The number of terminal acetylenes is 1. The van der Waals surface area contributed by atoms with Crippen LogP contribution in [0.2, 0.25) is 5.02 Å². The smallest absolute Gasteiger partial charge is 0.293 e. The molecule has 164 valence electrons. The lowest BCUT2D eigenvalue weighted by molar-refractivity contribution is -0.123. The van der Waals surface area contributed by atoms with Crippen molar-refractivity contribution in [1.82, 2.24) is 4.90 Å². The average molecular weight is 584 g/mol. The highest BCUT2D eigenvalue weighted by atomic mass is 127. The third-order valence-electron chi connectivity index (χ3n) is 4.59. The minimum Gasteiger partial charge on any atom is -0.493 e. The predicted molar refractivity (Wildman–Crippen MR) is 129 cm³/mol. The molecule has 0 atom stereocenters. The van der Waals surface area contributed by atoms with Crippen molar-refractivity contribution in [2.45, 2.75) is 6.54 Å². The second kappa shape index (κ2) is 9.52. The largest absolute Gasteiger partial charge is 0.493 e. The van der Waals surface area contributed by atoms with E-state index in [1.807, 2.05) is 6.07 Å². The van der Waals surface area contributed by atoms with Gasteiger partial charge in [-0.15, -0.1) is 6.42 Å². The summed E-state index contributed by atoms with van der Waals surface area (Å²) in [6.07, 6.45) is 6.90. The first-order valence-corrected chi connectivity index (χ1v) is 11.5. The first-order chi connectivity index (χ1) is 15.4. The SMILES string of the molecule is C#CCOc1c(I)cc(/C=C2/SC(=O)N(Cc3cc4c(cc3Cl)OCO4)C2=O)cc1OC. The third kappa shape index (κ3) is 4.48. The zero-order valence-corrected chi connectivity index (χ0v) is 20.4. The summed E-state index contributed by atoms with van der Waals surface area (Å²) in [7, 11) is 1.51. The highest BCUT2D eigenvalue weighted by Gasteiger charge is 2.36. The Kier molecular flexibility index (Phi) is 6.74. The fourth-order valence-electron chi connectivity index (χ4n) is 3.12. The van der Waals surface area contributed by atoms with E-state index in [2.05, 4.69) is 28.5 Å². The van der Waals surface area contributed by atoms with E-state index in [0.717, 1.165) is 20.2 Å². The molecule has 0 N–H and O–H groups in total. The van der Waals surface area contributed by atoms with E-state index in [1.54, 1.807) is 24.3 Å². The maximum Gasteiger partial charge on any atom is 0.293 e. The van der Waals surface area contributed by atoms with Crippen LogP contribution in [0.5, 0.6) is 23.0 Å². The van der Waals surface area contributed by atoms with E-state index in [0.29, 0.717) is 44.1 Å². The molecule has 0 radical (unpaired) electrons. The summed E-state index contributed by atoms with van der Waals surface area (Å²) in [5.74, 6) is 4.07. The highest BCUT2D eigenvalue weighted by molar-refractivity contribution is 14.1. The number of fused-ring (bicyclic) bond motifs is 1. The van der Waals surface area contributed by atoms with Gasteiger partial charge in [-0.2, -0.15) is 0 Å². The van der Waals surface area contributed by atoms with Crippen LogP contribution >= 0.6 is 46.0 Å². The van der Waals surface area contributed by atoms with Gasteiger partial charge >= 0.3 is 0 Å². The molecule has 2 aliphatic rings. The van der Waals surface area contributed by atoms with Crippen LogP contribution in [0.1, 0.15) is 11.1 Å². The molecule has 2 heterocycles. The molecule has 0 aromatic heterocycles. The van der Waals surface area contributed by atoms with Crippen molar-refractivity contribution in [3.05, 3.63) is 48.9 Å². The Hall–Kier alpha value is -2.55. The van der Waals surface area contributed by atoms with E-state index >= 15 is 0 Å². The van der Waals surface area contributed by atoms with Crippen LogP contribution in [0.3, 0.4) is 0 Å². The van der Waals surface area contributed by atoms with Gasteiger partial charge < -0.3 is 18.9 Å². The summed E-state index contributed by atoms with van der Waals surface area (Å²) in [6.45, 7) is 0.235. The summed E-state index contributed by atoms with van der Waals surface area (Å²) in [6, 6.07) is 6.83. The van der Waals surface area contributed by atoms with Crippen LogP contribution in [0.4, 0.5) is 4.79 Å². The third-order valence-corrected chi connectivity index (χ3v) is 6.65. The summed E-state index contributed by atoms with van der Waals surface area (Å²) >= 11 is 9.27. The van der Waals surface area contributed by atoms with Crippen LogP contribution in [0, 0.1) is 15.9 Å². The number of halogens is 2. The Morgan fingerprint density at radius 3 is 2.75 bits per heavy atom. The number of methoxy groups -OCH3 is 1. The summed E-state index contributed by atoms with van der Waals surface area (Å²) in [5, 5.41) is 0.00440. The lowest BCUT2D eigenvalue weighted by atomic mass is 10.1. The average Bonchev–Trinajstić information content (AvgIpc) is 3.31. The molecule has 2 aromatic carbocycles. The lowest BCUT2D eigenvalue weighted by Gasteiger charge is -2.14. The summed E-state index contributed by atoms with van der Waals surface area (Å²) < 4.78 is 22.3. The number of rotatable bonds is 6. The molecular weight excluding hydrogens is 569 g/mol. The molecule has 7 nitrogen and oxygen atoms in total. The van der Waals surface area contributed by atoms with Crippen molar-refractivity contribution in [2.24, 2.45) is 0 Å². The van der Waals surface area contributed by atoms with Crippen molar-refractivity contribution < 1.29 is 28.5 Å². The number of amides is 2. The van der Waals surface area contributed by atoms with Crippen molar-refractivity contribution in [3.8, 4) is 35.3 Å². The number of carbonyl (C=O) groups is 2. The molecule has 0 saturated carbocycles. The fraction of sp³-hybridized carbons (Fsp3) is 0.182. The van der Waals surface area contributed by atoms with Crippen LogP contribution < -0.4 is 18.9 Å². The van der Waals surface area contributed by atoms with Crippen LogP contribution in [-0.2, 0) is 11.3 Å². The number of hydrogen-bond donors (Lipinski definition) is 0. The van der Waals surface area contributed by atoms with E-state index in [1.165, 1.54) is 7.11 Å². The molecule has 0 unspecified atom stereocenters. The van der Waals surface area contributed by atoms with E-state index in [4.69, 9.17) is 37.0 Å². The number of thioether (sulfide) groups is 1. The van der Waals surface area contributed by atoms with Crippen molar-refractivity contribution >= 4 is 63.2 Å². The maximum absolute atomic E-state index is 13.0. The van der Waals surface area contributed by atoms with Gasteiger partial charge in [-0.1, -0.05) is 17.5 Å². The molecule has 2 amide bonds. The van der Waals surface area contributed by atoms with E-state index in [9.17, 15) is 9.59 Å². The Bertz CT molecular complexity index is 1190. The molecule has 1 saturated heterocycles. The number of nitrogens with zero attached hydrogens (tertiary/aromatic N) is 1. The van der Waals surface area contributed by atoms with Crippen LogP contribution in [0.25, 0.3) is 6.08 Å². The number of benzene rings is 2. The van der Waals surface area contributed by atoms with Gasteiger partial charge in [0.15, 0.2) is 23.0 Å². The summed E-state index contributed by atoms with van der Waals surface area (Å²) in [4.78, 5) is 27.0. The van der Waals surface area contributed by atoms with Crippen molar-refractivity contribution in [1.29, 1.82) is 0 Å². The molecule has 10 heteroatoms. The Morgan fingerprint density at radius 1 is 1.28 bits per heavy atom. The van der Waals surface area contributed by atoms with Gasteiger partial charge in [0.1, 0.15) is 6.61 Å². The second-order valence-corrected chi connectivity index (χ2v) is 9.15. The van der Waals surface area contributed by atoms with Gasteiger partial charge in [0.2, 0.25) is 6.79 Å². The first kappa shape index (κ1) is 22.6. The number of imide groups is 1. The van der Waals surface area contributed by atoms with Gasteiger partial charge in [-0.05, 0) is 69.8 Å². The molecule has 0 spiro atoms. The number of ether oxygens (including phenoxy) is 4. The fourth-order valence-corrected chi connectivity index (χ4v) is 4.95. The topological polar surface area (TPSA) is 74.3 Å². The monoisotopic (exact) mass is 583 g/mol. The first-order valence-electron chi connectivity index (χ1n) is 9.18. The number of hydrogen-bond acceptors (Lipinski definition) is 7. The Labute approximate surface area is 207 Å². The Morgan fingerprint density at radius 2 is 2.03 bits per heavy atom. The van der Waals surface area contributed by atoms with Gasteiger partial charge in [0, 0.05) is 11.1 Å². The Balaban J connectivity index is 1.58. The second-order valence-electron chi connectivity index (χ2n) is 6.59. The van der Waals surface area contributed by atoms with Gasteiger partial charge in [0.25, 0.3) is 11.1 Å². The minimum absolute atomic E-state index is 0.0250. The molecule has 2 aliphatic heterocycles. The van der Waals surface area contributed by atoms with E-state index < -0.39 is 5.91 Å². The molecule has 0 bridgehead atoms. The van der Waals surface area contributed by atoms with Gasteiger partial charge in [0.05, 0.1) is 22.1 Å². The maximum atomic E-state index is 13.0. The molecule has 0 aliphatic carbocycles. The van der Waals surface area contributed by atoms with Crippen LogP contribution in [-0.4, -0.2) is 36.6 Å². The van der Waals surface area contributed by atoms with E-state index in [-0.39, 0.29) is 25.2 Å². The molecular formula is C22H15ClINO6S.